The molecular formula is C5H14N2O6S. The van der Waals surface area contributed by atoms with Gasteiger partial charge in [-0.25, -0.2) is 0 Å². The number of rotatable bonds is 4. The fourth-order valence-electron chi connectivity index (χ4n) is 0.461. The van der Waals surface area contributed by atoms with Gasteiger partial charge in [-0.15, -0.1) is 0 Å². The van der Waals surface area contributed by atoms with E-state index in [9.17, 15) is 4.79 Å². The van der Waals surface area contributed by atoms with Gasteiger partial charge in [0.15, 0.2) is 0 Å². The summed E-state index contributed by atoms with van der Waals surface area (Å²) in [4.78, 5) is 10.0. The third kappa shape index (κ3) is 22.5. The highest BCUT2D eigenvalue weighted by Crippen LogP contribution is 1.91. The molecule has 7 N–H and O–H groups in total. The standard InChI is InChI=1S/C5H12N2O2.H2O4S/c6-3-1-2-4(7)5(8)9;1-5(2,3)4/h4H,1-3,6-7H2,(H,8,9);(H2,1,2,3,4)/t4-;/m0./s1. The Labute approximate surface area is 81.5 Å². The maximum atomic E-state index is 10.0. The first-order chi connectivity index (χ1) is 6.18. The minimum Gasteiger partial charge on any atom is -0.480 e. The maximum absolute atomic E-state index is 10.0. The largest absolute Gasteiger partial charge is 0.480 e. The summed E-state index contributed by atoms with van der Waals surface area (Å²) in [5.41, 5.74) is 10.3. The van der Waals surface area contributed by atoms with Gasteiger partial charge >= 0.3 is 16.4 Å². The highest BCUT2D eigenvalue weighted by atomic mass is 32.3. The topological polar surface area (TPSA) is 164 Å². The molecule has 14 heavy (non-hydrogen) atoms. The van der Waals surface area contributed by atoms with E-state index >= 15 is 0 Å². The first-order valence-corrected chi connectivity index (χ1v) is 4.96. The molecule has 0 aliphatic rings. The number of hydrogen-bond donors (Lipinski definition) is 5. The predicted molar refractivity (Wildman–Crippen MR) is 48.1 cm³/mol. The second-order valence-electron chi connectivity index (χ2n) is 2.32. The molecule has 0 amide bonds. The van der Waals surface area contributed by atoms with Gasteiger partial charge < -0.3 is 16.6 Å². The van der Waals surface area contributed by atoms with E-state index in [-0.39, 0.29) is 0 Å². The van der Waals surface area contributed by atoms with Crippen LogP contribution in [0.2, 0.25) is 0 Å². The summed E-state index contributed by atoms with van der Waals surface area (Å²) in [5.74, 6) is -0.955. The van der Waals surface area contributed by atoms with Crippen molar-refractivity contribution in [3.8, 4) is 0 Å². The molecule has 0 aromatic heterocycles. The Kier molecular flexibility index (Phi) is 8.58. The third-order valence-electron chi connectivity index (χ3n) is 1.04. The van der Waals surface area contributed by atoms with Crippen LogP contribution in [-0.4, -0.2) is 41.2 Å². The third-order valence-corrected chi connectivity index (χ3v) is 1.04. The number of carbonyl (C=O) groups is 1. The fourth-order valence-corrected chi connectivity index (χ4v) is 0.461. The lowest BCUT2D eigenvalue weighted by molar-refractivity contribution is -0.138. The van der Waals surface area contributed by atoms with Crippen molar-refractivity contribution in [3.05, 3.63) is 0 Å². The molecule has 9 heteroatoms. The van der Waals surface area contributed by atoms with Crippen LogP contribution in [0.1, 0.15) is 12.8 Å². The molecule has 0 aliphatic carbocycles. The van der Waals surface area contributed by atoms with Crippen LogP contribution in [0.25, 0.3) is 0 Å². The molecule has 0 spiro atoms. The normalized spacial score (nSPS) is 12.6. The van der Waals surface area contributed by atoms with E-state index in [1.165, 1.54) is 0 Å². The highest BCUT2D eigenvalue weighted by Gasteiger charge is 2.08. The first kappa shape index (κ1) is 15.7. The van der Waals surface area contributed by atoms with E-state index in [2.05, 4.69) is 0 Å². The van der Waals surface area contributed by atoms with Crippen LogP contribution >= 0.6 is 0 Å². The van der Waals surface area contributed by atoms with Crippen molar-refractivity contribution < 1.29 is 27.4 Å². The second kappa shape index (κ2) is 7.64. The number of carboxylic acids is 1. The van der Waals surface area contributed by atoms with Crippen molar-refractivity contribution in [2.75, 3.05) is 6.54 Å². The van der Waals surface area contributed by atoms with Crippen LogP contribution in [0.3, 0.4) is 0 Å². The summed E-state index contributed by atoms with van der Waals surface area (Å²) in [6.07, 6.45) is 1.14. The van der Waals surface area contributed by atoms with Crippen LogP contribution in [-0.2, 0) is 15.2 Å². The Balaban J connectivity index is 0. The quantitative estimate of drug-likeness (QED) is 0.363. The number of nitrogens with two attached hydrogens (primary N) is 2. The summed E-state index contributed by atoms with van der Waals surface area (Å²) in [6, 6.07) is -0.742. The number of carboxylic acid groups (broad SMARTS) is 1. The molecule has 0 aliphatic heterocycles. The maximum Gasteiger partial charge on any atom is 0.394 e. The summed E-state index contributed by atoms with van der Waals surface area (Å²) < 4.78 is 31.6. The molecule has 0 bridgehead atoms. The monoisotopic (exact) mass is 230 g/mol. The molecule has 0 rings (SSSR count). The van der Waals surface area contributed by atoms with E-state index in [4.69, 9.17) is 34.1 Å². The molecule has 86 valence electrons. The molecule has 0 saturated heterocycles. The van der Waals surface area contributed by atoms with Crippen molar-refractivity contribution in [1.29, 1.82) is 0 Å². The van der Waals surface area contributed by atoms with Crippen molar-refractivity contribution in [3.63, 3.8) is 0 Å². The van der Waals surface area contributed by atoms with Crippen LogP contribution in [0.4, 0.5) is 0 Å². The van der Waals surface area contributed by atoms with Crippen LogP contribution in [0.5, 0.6) is 0 Å². The molecule has 8 nitrogen and oxygen atoms in total. The molecule has 0 heterocycles. The van der Waals surface area contributed by atoms with E-state index < -0.39 is 22.4 Å². The van der Waals surface area contributed by atoms with E-state index in [1.807, 2.05) is 0 Å². The molecule has 0 aromatic carbocycles. The van der Waals surface area contributed by atoms with Gasteiger partial charge in [0.1, 0.15) is 6.04 Å². The van der Waals surface area contributed by atoms with Crippen molar-refractivity contribution >= 4 is 16.4 Å². The predicted octanol–water partition coefficient (Wildman–Crippen LogP) is -1.52. The Hall–Kier alpha value is -0.740. The molecule has 1 atom stereocenters. The lowest BCUT2D eigenvalue weighted by Gasteiger charge is -2.02. The smallest absolute Gasteiger partial charge is 0.394 e. The van der Waals surface area contributed by atoms with Gasteiger partial charge in [-0.2, -0.15) is 8.42 Å². The Morgan fingerprint density at radius 1 is 1.36 bits per heavy atom. The van der Waals surface area contributed by atoms with E-state index in [1.54, 1.807) is 0 Å². The SMILES string of the molecule is NCCC[C@H](N)C(=O)O.O=S(=O)(O)O. The van der Waals surface area contributed by atoms with Gasteiger partial charge in [-0.05, 0) is 19.4 Å². The molecule has 0 saturated carbocycles. The molecule has 0 radical (unpaired) electrons. The summed E-state index contributed by atoms with van der Waals surface area (Å²) in [5, 5.41) is 8.24. The minimum absolute atomic E-state index is 0.464. The van der Waals surface area contributed by atoms with E-state index in [0.717, 1.165) is 0 Å². The molecule has 0 unspecified atom stereocenters. The van der Waals surface area contributed by atoms with E-state index in [0.29, 0.717) is 19.4 Å². The van der Waals surface area contributed by atoms with Gasteiger partial charge in [0, 0.05) is 0 Å². The molecular weight excluding hydrogens is 216 g/mol. The average Bonchev–Trinajstić information content (AvgIpc) is 1.96. The second-order valence-corrected chi connectivity index (χ2v) is 3.22. The van der Waals surface area contributed by atoms with Crippen LogP contribution in [0.15, 0.2) is 0 Å². The van der Waals surface area contributed by atoms with Gasteiger partial charge in [0.25, 0.3) is 0 Å². The Bertz CT molecular complexity index is 243. The van der Waals surface area contributed by atoms with Gasteiger partial charge in [-0.3, -0.25) is 13.9 Å². The summed E-state index contributed by atoms with van der Waals surface area (Å²) in [7, 11) is -4.67. The number of hydrogen-bond acceptors (Lipinski definition) is 5. The summed E-state index contributed by atoms with van der Waals surface area (Å²) >= 11 is 0. The zero-order valence-electron chi connectivity index (χ0n) is 7.33. The fraction of sp³-hybridized carbons (Fsp3) is 0.800. The molecule has 0 aromatic rings. The zero-order chi connectivity index (χ0) is 11.8. The highest BCUT2D eigenvalue weighted by molar-refractivity contribution is 7.79. The minimum atomic E-state index is -4.67. The molecule has 0 fully saturated rings. The first-order valence-electron chi connectivity index (χ1n) is 3.56. The lowest BCUT2D eigenvalue weighted by atomic mass is 10.2. The number of aliphatic carboxylic acids is 1. The Morgan fingerprint density at radius 2 is 1.71 bits per heavy atom. The lowest BCUT2D eigenvalue weighted by Crippen LogP contribution is -2.30. The summed E-state index contributed by atoms with van der Waals surface area (Å²) in [6.45, 7) is 0.501. The zero-order valence-corrected chi connectivity index (χ0v) is 8.14. The van der Waals surface area contributed by atoms with Crippen LogP contribution < -0.4 is 11.5 Å². The van der Waals surface area contributed by atoms with Crippen molar-refractivity contribution in [2.45, 2.75) is 18.9 Å². The average molecular weight is 230 g/mol. The van der Waals surface area contributed by atoms with Gasteiger partial charge in [0.05, 0.1) is 0 Å². The van der Waals surface area contributed by atoms with Crippen LogP contribution in [0, 0.1) is 0 Å². The van der Waals surface area contributed by atoms with Gasteiger partial charge in [0.2, 0.25) is 0 Å². The Morgan fingerprint density at radius 3 is 1.93 bits per heavy atom. The van der Waals surface area contributed by atoms with Crippen molar-refractivity contribution in [1.82, 2.24) is 0 Å². The van der Waals surface area contributed by atoms with Crippen molar-refractivity contribution in [2.24, 2.45) is 11.5 Å². The van der Waals surface area contributed by atoms with Gasteiger partial charge in [-0.1, -0.05) is 0 Å².